The van der Waals surface area contributed by atoms with Crippen LogP contribution < -0.4 is 4.74 Å². The minimum atomic E-state index is -1.10. The second kappa shape index (κ2) is 6.54. The average Bonchev–Trinajstić information content (AvgIpc) is 3.00. The molecule has 0 unspecified atom stereocenters. The molecule has 5 nitrogen and oxygen atoms in total. The van der Waals surface area contributed by atoms with Gasteiger partial charge in [0, 0.05) is 5.56 Å². The Morgan fingerprint density at radius 3 is 2.42 bits per heavy atom. The van der Waals surface area contributed by atoms with E-state index in [0.717, 1.165) is 11.3 Å². The molecule has 0 radical (unpaired) electrons. The normalized spacial score (nSPS) is 10.6. The number of rotatable bonds is 5. The Labute approximate surface area is 137 Å². The van der Waals surface area contributed by atoms with Gasteiger partial charge in [-0.25, -0.2) is 9.18 Å². The molecule has 1 N–H and O–H groups in total. The second-order valence-corrected chi connectivity index (χ2v) is 5.23. The Morgan fingerprint density at radius 2 is 1.83 bits per heavy atom. The first-order valence-electron chi connectivity index (χ1n) is 7.27. The molecule has 122 valence electrons. The summed E-state index contributed by atoms with van der Waals surface area (Å²) in [5, 5.41) is 13.3. The quantitative estimate of drug-likeness (QED) is 0.780. The van der Waals surface area contributed by atoms with Gasteiger partial charge in [0.2, 0.25) is 0 Å². The number of aromatic nitrogens is 2. The third kappa shape index (κ3) is 3.27. The molecule has 0 spiro atoms. The van der Waals surface area contributed by atoms with Gasteiger partial charge in [-0.1, -0.05) is 12.1 Å². The van der Waals surface area contributed by atoms with Gasteiger partial charge in [-0.15, -0.1) is 0 Å². The van der Waals surface area contributed by atoms with Crippen molar-refractivity contribution in [3.05, 3.63) is 71.7 Å². The largest absolute Gasteiger partial charge is 0.497 e. The first kappa shape index (κ1) is 15.7. The fraction of sp³-hybridized carbons (Fsp3) is 0.111. The Bertz CT molecular complexity index is 855. The van der Waals surface area contributed by atoms with Gasteiger partial charge in [0.25, 0.3) is 0 Å². The van der Waals surface area contributed by atoms with E-state index in [1.54, 1.807) is 23.9 Å². The maximum absolute atomic E-state index is 13.1. The van der Waals surface area contributed by atoms with E-state index in [1.165, 1.54) is 18.2 Å². The number of hydrogen-bond acceptors (Lipinski definition) is 3. The van der Waals surface area contributed by atoms with Gasteiger partial charge >= 0.3 is 5.97 Å². The second-order valence-electron chi connectivity index (χ2n) is 5.23. The summed E-state index contributed by atoms with van der Waals surface area (Å²) in [5.41, 5.74) is 2.20. The van der Waals surface area contributed by atoms with Gasteiger partial charge in [-0.2, -0.15) is 5.10 Å². The lowest BCUT2D eigenvalue weighted by molar-refractivity contribution is 0.0689. The van der Waals surface area contributed by atoms with Crippen molar-refractivity contribution < 1.29 is 19.0 Å². The molecule has 1 heterocycles. The smallest absolute Gasteiger partial charge is 0.356 e. The summed E-state index contributed by atoms with van der Waals surface area (Å²) < 4.78 is 19.8. The van der Waals surface area contributed by atoms with E-state index < -0.39 is 5.97 Å². The van der Waals surface area contributed by atoms with Crippen molar-refractivity contribution in [2.75, 3.05) is 7.11 Å². The maximum Gasteiger partial charge on any atom is 0.356 e. The van der Waals surface area contributed by atoms with E-state index >= 15 is 0 Å². The number of carboxylic acids is 1. The highest BCUT2D eigenvalue weighted by atomic mass is 19.1. The number of aromatic carboxylic acids is 1. The number of halogens is 1. The van der Waals surface area contributed by atoms with Crippen molar-refractivity contribution in [3.8, 4) is 17.0 Å². The molecule has 0 aliphatic carbocycles. The summed E-state index contributed by atoms with van der Waals surface area (Å²) in [7, 11) is 1.59. The van der Waals surface area contributed by atoms with Crippen molar-refractivity contribution in [2.45, 2.75) is 6.54 Å². The van der Waals surface area contributed by atoms with Crippen LogP contribution in [0.1, 0.15) is 16.1 Å². The lowest BCUT2D eigenvalue weighted by Crippen LogP contribution is -2.06. The van der Waals surface area contributed by atoms with Gasteiger partial charge in [0.15, 0.2) is 5.69 Å². The number of hydrogen-bond donors (Lipinski definition) is 1. The lowest BCUT2D eigenvalue weighted by atomic mass is 10.1. The zero-order valence-electron chi connectivity index (χ0n) is 12.9. The van der Waals surface area contributed by atoms with Crippen LogP contribution in [0.3, 0.4) is 0 Å². The molecule has 2 aromatic carbocycles. The third-order valence-corrected chi connectivity index (χ3v) is 3.63. The molecule has 3 rings (SSSR count). The SMILES string of the molecule is COc1ccc(Cn2nc(C(=O)O)cc2-c2ccc(F)cc2)cc1. The monoisotopic (exact) mass is 326 g/mol. The van der Waals surface area contributed by atoms with Gasteiger partial charge in [0.05, 0.1) is 19.3 Å². The van der Waals surface area contributed by atoms with Crippen molar-refractivity contribution in [1.29, 1.82) is 0 Å². The highest BCUT2D eigenvalue weighted by Crippen LogP contribution is 2.23. The summed E-state index contributed by atoms with van der Waals surface area (Å²) in [6, 6.07) is 14.8. The van der Waals surface area contributed by atoms with Crippen LogP contribution in [0.25, 0.3) is 11.3 Å². The zero-order valence-corrected chi connectivity index (χ0v) is 12.9. The molecular weight excluding hydrogens is 311 g/mol. The predicted molar refractivity (Wildman–Crippen MR) is 86.7 cm³/mol. The van der Waals surface area contributed by atoms with Crippen molar-refractivity contribution in [1.82, 2.24) is 9.78 Å². The minimum Gasteiger partial charge on any atom is -0.497 e. The van der Waals surface area contributed by atoms with Crippen LogP contribution in [-0.4, -0.2) is 28.0 Å². The lowest BCUT2D eigenvalue weighted by Gasteiger charge is -2.08. The molecule has 0 fully saturated rings. The predicted octanol–water partition coefficient (Wildman–Crippen LogP) is 3.44. The van der Waals surface area contributed by atoms with Crippen molar-refractivity contribution >= 4 is 5.97 Å². The van der Waals surface area contributed by atoms with E-state index in [9.17, 15) is 14.3 Å². The Hall–Kier alpha value is -3.15. The molecule has 0 aliphatic rings. The Balaban J connectivity index is 1.98. The number of methoxy groups -OCH3 is 1. The molecule has 1 aromatic heterocycles. The molecule has 0 amide bonds. The van der Waals surface area contributed by atoms with Gasteiger partial charge < -0.3 is 9.84 Å². The summed E-state index contributed by atoms with van der Waals surface area (Å²) in [5.74, 6) is -0.713. The molecule has 0 bridgehead atoms. The molecule has 0 aliphatic heterocycles. The molecule has 24 heavy (non-hydrogen) atoms. The summed E-state index contributed by atoms with van der Waals surface area (Å²) >= 11 is 0. The van der Waals surface area contributed by atoms with Crippen molar-refractivity contribution in [2.24, 2.45) is 0 Å². The molecular formula is C18H15FN2O3. The standard InChI is InChI=1S/C18H15FN2O3/c1-24-15-8-2-12(3-9-15)11-21-17(10-16(20-21)18(22)23)13-4-6-14(19)7-5-13/h2-10H,11H2,1H3,(H,22,23). The van der Waals surface area contributed by atoms with E-state index in [0.29, 0.717) is 17.8 Å². The van der Waals surface area contributed by atoms with Crippen LogP contribution in [0.5, 0.6) is 5.75 Å². The van der Waals surface area contributed by atoms with E-state index in [2.05, 4.69) is 5.10 Å². The number of ether oxygens (including phenoxy) is 1. The first-order valence-corrected chi connectivity index (χ1v) is 7.27. The van der Waals surface area contributed by atoms with E-state index in [-0.39, 0.29) is 11.5 Å². The first-order chi connectivity index (χ1) is 11.6. The molecule has 0 saturated carbocycles. The van der Waals surface area contributed by atoms with Gasteiger partial charge in [0.1, 0.15) is 11.6 Å². The number of carbonyl (C=O) groups is 1. The molecule has 3 aromatic rings. The maximum atomic E-state index is 13.1. The summed E-state index contributed by atoms with van der Waals surface area (Å²) in [6.07, 6.45) is 0. The van der Waals surface area contributed by atoms with Gasteiger partial charge in [-0.3, -0.25) is 4.68 Å². The fourth-order valence-electron chi connectivity index (χ4n) is 2.40. The highest BCUT2D eigenvalue weighted by molar-refractivity contribution is 5.87. The fourth-order valence-corrected chi connectivity index (χ4v) is 2.40. The molecule has 0 saturated heterocycles. The summed E-state index contributed by atoms with van der Waals surface area (Å²) in [6.45, 7) is 0.393. The number of carboxylic acid groups (broad SMARTS) is 1. The minimum absolute atomic E-state index is 0.0529. The van der Waals surface area contributed by atoms with Crippen LogP contribution in [0.15, 0.2) is 54.6 Å². The van der Waals surface area contributed by atoms with Crippen LogP contribution in [0.4, 0.5) is 4.39 Å². The highest BCUT2D eigenvalue weighted by Gasteiger charge is 2.15. The van der Waals surface area contributed by atoms with E-state index in [1.807, 2.05) is 24.3 Å². The average molecular weight is 326 g/mol. The van der Waals surface area contributed by atoms with E-state index in [4.69, 9.17) is 4.74 Å². The van der Waals surface area contributed by atoms with Gasteiger partial charge in [-0.05, 0) is 48.0 Å². The topological polar surface area (TPSA) is 64.4 Å². The zero-order chi connectivity index (χ0) is 17.1. The van der Waals surface area contributed by atoms with Crippen LogP contribution >= 0.6 is 0 Å². The Kier molecular flexibility index (Phi) is 4.29. The number of benzene rings is 2. The number of nitrogens with zero attached hydrogens (tertiary/aromatic N) is 2. The van der Waals surface area contributed by atoms with Crippen LogP contribution in [-0.2, 0) is 6.54 Å². The Morgan fingerprint density at radius 1 is 1.17 bits per heavy atom. The van der Waals surface area contributed by atoms with Crippen molar-refractivity contribution in [3.63, 3.8) is 0 Å². The van der Waals surface area contributed by atoms with Crippen LogP contribution in [0.2, 0.25) is 0 Å². The molecule has 6 heteroatoms. The van der Waals surface area contributed by atoms with Crippen LogP contribution in [0, 0.1) is 5.82 Å². The third-order valence-electron chi connectivity index (χ3n) is 3.63. The molecule has 0 atom stereocenters. The summed E-state index contributed by atoms with van der Waals surface area (Å²) in [4.78, 5) is 11.2.